The first-order valence-corrected chi connectivity index (χ1v) is 8.72. The van der Waals surface area contributed by atoms with E-state index in [0.29, 0.717) is 16.8 Å². The van der Waals surface area contributed by atoms with Gasteiger partial charge in [0.1, 0.15) is 12.3 Å². The predicted molar refractivity (Wildman–Crippen MR) is 91.4 cm³/mol. The van der Waals surface area contributed by atoms with Gasteiger partial charge in [0.15, 0.2) is 0 Å². The Morgan fingerprint density at radius 3 is 2.58 bits per heavy atom. The first-order chi connectivity index (χ1) is 11.3. The van der Waals surface area contributed by atoms with Crippen LogP contribution < -0.4 is 0 Å². The van der Waals surface area contributed by atoms with Gasteiger partial charge in [0, 0.05) is 11.1 Å². The second kappa shape index (κ2) is 7.61. The van der Waals surface area contributed by atoms with Crippen LogP contribution in [0.5, 0.6) is 0 Å². The molecule has 0 aliphatic rings. The molecule has 0 spiro atoms. The van der Waals surface area contributed by atoms with Crippen molar-refractivity contribution in [3.05, 3.63) is 38.6 Å². The summed E-state index contributed by atoms with van der Waals surface area (Å²) in [5, 5.41) is 2.89. The monoisotopic (exact) mass is 350 g/mol. The molecule has 0 radical (unpaired) electrons. The van der Waals surface area contributed by atoms with E-state index in [4.69, 9.17) is 9.47 Å². The Hall–Kier alpha value is -2.15. The molecule has 0 unspecified atom stereocenters. The van der Waals surface area contributed by atoms with E-state index in [0.717, 1.165) is 17.1 Å². The Labute approximate surface area is 145 Å². The largest absolute Gasteiger partial charge is 0.459 e. The Morgan fingerprint density at radius 1 is 1.29 bits per heavy atom. The molecular weight excluding hydrogens is 328 g/mol. The molecular formula is C17H22N2O4S. The molecule has 2 heterocycles. The standard InChI is InChI=1S/C17H22N2O4S/c1-6-13-19-12(8-24-13)7-22-17(21)15-10(4)14(11(5)18-15)16(20)23-9(2)3/h8-9,18H,6-7H2,1-5H3. The number of aryl methyl sites for hydroxylation is 2. The number of rotatable bonds is 6. The zero-order valence-corrected chi connectivity index (χ0v) is 15.4. The van der Waals surface area contributed by atoms with Crippen LogP contribution in [-0.2, 0) is 22.5 Å². The first-order valence-electron chi connectivity index (χ1n) is 7.84. The number of hydrogen-bond donors (Lipinski definition) is 1. The lowest BCUT2D eigenvalue weighted by atomic mass is 10.1. The molecule has 0 saturated heterocycles. The van der Waals surface area contributed by atoms with Crippen molar-refractivity contribution in [3.63, 3.8) is 0 Å². The van der Waals surface area contributed by atoms with Crippen LogP contribution in [-0.4, -0.2) is 28.0 Å². The normalized spacial score (nSPS) is 10.9. The Bertz CT molecular complexity index is 746. The Balaban J connectivity index is 2.11. The summed E-state index contributed by atoms with van der Waals surface area (Å²) in [6.45, 7) is 9.13. The summed E-state index contributed by atoms with van der Waals surface area (Å²) >= 11 is 1.54. The van der Waals surface area contributed by atoms with E-state index in [1.165, 1.54) is 0 Å². The van der Waals surface area contributed by atoms with Crippen molar-refractivity contribution < 1.29 is 19.1 Å². The van der Waals surface area contributed by atoms with E-state index in [9.17, 15) is 9.59 Å². The van der Waals surface area contributed by atoms with Crippen LogP contribution in [0.25, 0.3) is 0 Å². The van der Waals surface area contributed by atoms with Crippen LogP contribution in [0.3, 0.4) is 0 Å². The fraction of sp³-hybridized carbons (Fsp3) is 0.471. The van der Waals surface area contributed by atoms with Crippen LogP contribution in [0.4, 0.5) is 0 Å². The molecule has 2 aromatic heterocycles. The quantitative estimate of drug-likeness (QED) is 0.806. The van der Waals surface area contributed by atoms with Crippen molar-refractivity contribution in [3.8, 4) is 0 Å². The van der Waals surface area contributed by atoms with Gasteiger partial charge in [-0.1, -0.05) is 6.92 Å². The Morgan fingerprint density at radius 2 is 2.00 bits per heavy atom. The number of thiazole rings is 1. The highest BCUT2D eigenvalue weighted by Crippen LogP contribution is 2.21. The molecule has 0 saturated carbocycles. The summed E-state index contributed by atoms with van der Waals surface area (Å²) in [6.07, 6.45) is 0.633. The van der Waals surface area contributed by atoms with Crippen molar-refractivity contribution in [2.24, 2.45) is 0 Å². The van der Waals surface area contributed by atoms with E-state index in [1.54, 1.807) is 39.0 Å². The van der Waals surface area contributed by atoms with Crippen LogP contribution in [0.1, 0.15) is 63.6 Å². The van der Waals surface area contributed by atoms with E-state index in [1.807, 2.05) is 12.3 Å². The van der Waals surface area contributed by atoms with Gasteiger partial charge in [-0.15, -0.1) is 11.3 Å². The van der Waals surface area contributed by atoms with Crippen molar-refractivity contribution in [1.82, 2.24) is 9.97 Å². The molecule has 0 aliphatic heterocycles. The lowest BCUT2D eigenvalue weighted by Gasteiger charge is -2.08. The number of ether oxygens (including phenoxy) is 2. The minimum atomic E-state index is -0.509. The van der Waals surface area contributed by atoms with Crippen LogP contribution in [0.2, 0.25) is 0 Å². The smallest absolute Gasteiger partial charge is 0.355 e. The second-order valence-corrected chi connectivity index (χ2v) is 6.68. The van der Waals surface area contributed by atoms with Gasteiger partial charge in [-0.25, -0.2) is 14.6 Å². The fourth-order valence-corrected chi connectivity index (χ4v) is 3.05. The van der Waals surface area contributed by atoms with E-state index >= 15 is 0 Å². The number of esters is 2. The first kappa shape index (κ1) is 18.2. The molecule has 0 fully saturated rings. The third-order valence-corrected chi connectivity index (χ3v) is 4.48. The molecule has 0 bridgehead atoms. The maximum atomic E-state index is 12.3. The van der Waals surface area contributed by atoms with Gasteiger partial charge in [-0.05, 0) is 39.7 Å². The predicted octanol–water partition coefficient (Wildman–Crippen LogP) is 3.57. The summed E-state index contributed by atoms with van der Waals surface area (Å²) in [4.78, 5) is 31.7. The fourth-order valence-electron chi connectivity index (χ4n) is 2.32. The number of nitrogens with one attached hydrogen (secondary N) is 1. The number of H-pyrrole nitrogens is 1. The lowest BCUT2D eigenvalue weighted by molar-refractivity contribution is 0.0376. The number of nitrogens with zero attached hydrogens (tertiary/aromatic N) is 1. The highest BCUT2D eigenvalue weighted by atomic mass is 32.1. The van der Waals surface area contributed by atoms with Gasteiger partial charge in [0.2, 0.25) is 0 Å². The molecule has 0 atom stereocenters. The number of aromatic nitrogens is 2. The van der Waals surface area contributed by atoms with Gasteiger partial charge < -0.3 is 14.5 Å². The zero-order chi connectivity index (χ0) is 17.9. The molecule has 2 rings (SSSR count). The molecule has 130 valence electrons. The number of hydrogen-bond acceptors (Lipinski definition) is 6. The number of aromatic amines is 1. The summed E-state index contributed by atoms with van der Waals surface area (Å²) < 4.78 is 10.5. The average molecular weight is 350 g/mol. The molecule has 0 amide bonds. The van der Waals surface area contributed by atoms with Crippen molar-refractivity contribution in [2.75, 3.05) is 0 Å². The summed E-state index contributed by atoms with van der Waals surface area (Å²) in [7, 11) is 0. The molecule has 1 N–H and O–H groups in total. The maximum absolute atomic E-state index is 12.3. The van der Waals surface area contributed by atoms with Crippen LogP contribution >= 0.6 is 11.3 Å². The minimum Gasteiger partial charge on any atom is -0.459 e. The van der Waals surface area contributed by atoms with Gasteiger partial charge in [0.25, 0.3) is 0 Å². The Kier molecular flexibility index (Phi) is 5.77. The number of carbonyl (C=O) groups excluding carboxylic acids is 2. The summed E-state index contributed by atoms with van der Waals surface area (Å²) in [5.74, 6) is -0.951. The van der Waals surface area contributed by atoms with Gasteiger partial charge in [-0.2, -0.15) is 0 Å². The highest BCUT2D eigenvalue weighted by molar-refractivity contribution is 7.09. The van der Waals surface area contributed by atoms with Crippen LogP contribution in [0.15, 0.2) is 5.38 Å². The van der Waals surface area contributed by atoms with E-state index < -0.39 is 11.9 Å². The topological polar surface area (TPSA) is 81.3 Å². The molecule has 24 heavy (non-hydrogen) atoms. The SMILES string of the molecule is CCc1nc(COC(=O)c2[nH]c(C)c(C(=O)OC(C)C)c2C)cs1. The second-order valence-electron chi connectivity index (χ2n) is 5.74. The third kappa shape index (κ3) is 4.03. The van der Waals surface area contributed by atoms with Gasteiger partial charge >= 0.3 is 11.9 Å². The maximum Gasteiger partial charge on any atom is 0.355 e. The average Bonchev–Trinajstić information content (AvgIpc) is 3.08. The summed E-state index contributed by atoms with van der Waals surface area (Å²) in [6, 6.07) is 0. The van der Waals surface area contributed by atoms with E-state index in [2.05, 4.69) is 9.97 Å². The van der Waals surface area contributed by atoms with Gasteiger partial charge in [-0.3, -0.25) is 0 Å². The molecule has 0 aromatic carbocycles. The highest BCUT2D eigenvalue weighted by Gasteiger charge is 2.24. The molecule has 7 heteroatoms. The molecule has 0 aliphatic carbocycles. The van der Waals surface area contributed by atoms with E-state index in [-0.39, 0.29) is 18.4 Å². The van der Waals surface area contributed by atoms with Gasteiger partial charge in [0.05, 0.1) is 22.4 Å². The van der Waals surface area contributed by atoms with Crippen molar-refractivity contribution in [1.29, 1.82) is 0 Å². The zero-order valence-electron chi connectivity index (χ0n) is 14.6. The molecule has 6 nitrogen and oxygen atoms in total. The third-order valence-electron chi connectivity index (χ3n) is 3.44. The van der Waals surface area contributed by atoms with Crippen LogP contribution in [0, 0.1) is 13.8 Å². The van der Waals surface area contributed by atoms with Crippen molar-refractivity contribution in [2.45, 2.75) is 53.8 Å². The summed E-state index contributed by atoms with van der Waals surface area (Å²) in [5.41, 5.74) is 2.51. The lowest BCUT2D eigenvalue weighted by Crippen LogP contribution is -2.13. The minimum absolute atomic E-state index is 0.110. The molecule has 2 aromatic rings. The number of carbonyl (C=O) groups is 2. The van der Waals surface area contributed by atoms with Crippen molar-refractivity contribution >= 4 is 23.3 Å².